The van der Waals surface area contributed by atoms with Crippen molar-refractivity contribution in [2.24, 2.45) is 0 Å². The van der Waals surface area contributed by atoms with Crippen LogP contribution >= 0.6 is 0 Å². The Labute approximate surface area is 170 Å². The minimum absolute atomic E-state index is 0.0696. The van der Waals surface area contributed by atoms with Crippen LogP contribution in [0.3, 0.4) is 0 Å². The minimum Gasteiger partial charge on any atom is -0.493 e. The molecule has 3 rings (SSSR count). The summed E-state index contributed by atoms with van der Waals surface area (Å²) in [5.41, 5.74) is 2.23. The van der Waals surface area contributed by atoms with Crippen molar-refractivity contribution in [3.05, 3.63) is 66.2 Å². The lowest BCUT2D eigenvalue weighted by atomic mass is 10.0. The van der Waals surface area contributed by atoms with Gasteiger partial charge in [-0.25, -0.2) is 0 Å². The van der Waals surface area contributed by atoms with Crippen LogP contribution in [0.4, 0.5) is 5.69 Å². The number of hydrogen-bond donors (Lipinski definition) is 2. The first-order chi connectivity index (χ1) is 14.1. The number of hydrogen-bond acceptors (Lipinski definition) is 5. The van der Waals surface area contributed by atoms with Crippen LogP contribution in [-0.2, 0) is 4.79 Å². The topological polar surface area (TPSA) is 79.9 Å². The maximum absolute atomic E-state index is 13.0. The van der Waals surface area contributed by atoms with E-state index in [4.69, 9.17) is 9.47 Å². The van der Waals surface area contributed by atoms with Crippen molar-refractivity contribution in [3.8, 4) is 11.5 Å². The number of fused-ring (bicyclic) bond motifs is 1. The fourth-order valence-corrected chi connectivity index (χ4v) is 3.25. The molecule has 0 spiro atoms. The van der Waals surface area contributed by atoms with E-state index in [1.54, 1.807) is 23.1 Å². The van der Waals surface area contributed by atoms with Crippen molar-refractivity contribution in [1.82, 2.24) is 10.2 Å². The van der Waals surface area contributed by atoms with E-state index in [2.05, 4.69) is 17.2 Å². The van der Waals surface area contributed by atoms with Crippen molar-refractivity contribution in [2.75, 3.05) is 32.1 Å². The van der Waals surface area contributed by atoms with Crippen molar-refractivity contribution in [2.45, 2.75) is 13.1 Å². The fraction of sp³-hybridized carbons (Fsp3) is 0.273. The van der Waals surface area contributed by atoms with Gasteiger partial charge < -0.3 is 25.0 Å². The molecule has 2 aromatic carbocycles. The number of nitrogens with zero attached hydrogens (tertiary/aromatic N) is 1. The van der Waals surface area contributed by atoms with Crippen molar-refractivity contribution >= 4 is 17.5 Å². The maximum atomic E-state index is 13.0. The molecule has 0 bridgehead atoms. The van der Waals surface area contributed by atoms with E-state index < -0.39 is 0 Å². The number of anilines is 1. The largest absolute Gasteiger partial charge is 0.493 e. The van der Waals surface area contributed by atoms with Gasteiger partial charge in [-0.05, 0) is 36.8 Å². The van der Waals surface area contributed by atoms with Gasteiger partial charge in [0, 0.05) is 18.8 Å². The number of methoxy groups -OCH3 is 1. The molecule has 1 heterocycles. The van der Waals surface area contributed by atoms with Crippen molar-refractivity contribution in [3.63, 3.8) is 0 Å². The predicted octanol–water partition coefficient (Wildman–Crippen LogP) is 2.96. The summed E-state index contributed by atoms with van der Waals surface area (Å²) in [6.45, 7) is 6.45. The highest BCUT2D eigenvalue weighted by Crippen LogP contribution is 2.36. The van der Waals surface area contributed by atoms with E-state index in [1.807, 2.05) is 37.3 Å². The van der Waals surface area contributed by atoms with Gasteiger partial charge in [-0.1, -0.05) is 24.3 Å². The second kappa shape index (κ2) is 9.14. The normalized spacial score (nSPS) is 15.2. The summed E-state index contributed by atoms with van der Waals surface area (Å²) >= 11 is 0. The Morgan fingerprint density at radius 2 is 2.07 bits per heavy atom. The molecule has 7 heteroatoms. The average molecular weight is 395 g/mol. The lowest BCUT2D eigenvalue weighted by molar-refractivity contribution is -0.123. The standard InChI is InChI=1S/C22H25N3O4/c1-4-12-25-21(24-17-9-7-6-8-16(17)22(25)27)15-10-11-18(19(13-15)28-3)29-14-20(26)23-5-2/h4,6-11,13,21,24H,1,5,12,14H2,2-3H3,(H,23,26). The molecule has 1 unspecified atom stereocenters. The number of nitrogens with one attached hydrogen (secondary N) is 2. The van der Waals surface area contributed by atoms with Crippen LogP contribution < -0.4 is 20.1 Å². The number of para-hydroxylation sites is 1. The van der Waals surface area contributed by atoms with Crippen LogP contribution in [0.1, 0.15) is 29.0 Å². The van der Waals surface area contributed by atoms with Gasteiger partial charge >= 0.3 is 0 Å². The number of likely N-dealkylation sites (N-methyl/N-ethyl adjacent to an activating group) is 1. The first kappa shape index (κ1) is 20.3. The van der Waals surface area contributed by atoms with E-state index >= 15 is 0 Å². The molecule has 7 nitrogen and oxygen atoms in total. The molecule has 1 aliphatic rings. The zero-order valence-electron chi connectivity index (χ0n) is 16.6. The molecular formula is C22H25N3O4. The predicted molar refractivity (Wildman–Crippen MR) is 111 cm³/mol. The van der Waals surface area contributed by atoms with Crippen molar-refractivity contribution < 1.29 is 19.1 Å². The Morgan fingerprint density at radius 3 is 2.79 bits per heavy atom. The maximum Gasteiger partial charge on any atom is 0.258 e. The highest BCUT2D eigenvalue weighted by atomic mass is 16.5. The molecule has 1 atom stereocenters. The van der Waals surface area contributed by atoms with E-state index in [9.17, 15) is 9.59 Å². The van der Waals surface area contributed by atoms with Gasteiger partial charge in [-0.15, -0.1) is 6.58 Å². The summed E-state index contributed by atoms with van der Waals surface area (Å²) in [5, 5.41) is 6.10. The van der Waals surface area contributed by atoms with E-state index in [-0.39, 0.29) is 24.6 Å². The highest BCUT2D eigenvalue weighted by molar-refractivity contribution is 6.01. The van der Waals surface area contributed by atoms with Crippen LogP contribution in [0, 0.1) is 0 Å². The van der Waals surface area contributed by atoms with Gasteiger partial charge in [0.05, 0.1) is 12.7 Å². The zero-order valence-corrected chi connectivity index (χ0v) is 16.6. The minimum atomic E-state index is -0.387. The smallest absolute Gasteiger partial charge is 0.258 e. The van der Waals surface area contributed by atoms with Crippen LogP contribution in [0.2, 0.25) is 0 Å². The zero-order chi connectivity index (χ0) is 20.8. The lowest BCUT2D eigenvalue weighted by Gasteiger charge is -2.37. The summed E-state index contributed by atoms with van der Waals surface area (Å²) in [6, 6.07) is 12.8. The second-order valence-corrected chi connectivity index (χ2v) is 6.49. The fourth-order valence-electron chi connectivity index (χ4n) is 3.25. The van der Waals surface area contributed by atoms with Crippen LogP contribution in [-0.4, -0.2) is 43.5 Å². The molecule has 1 aliphatic heterocycles. The molecule has 0 aliphatic carbocycles. The molecule has 2 N–H and O–H groups in total. The molecule has 0 aromatic heterocycles. The first-order valence-corrected chi connectivity index (χ1v) is 9.43. The van der Waals surface area contributed by atoms with Crippen LogP contribution in [0.15, 0.2) is 55.1 Å². The molecule has 0 saturated carbocycles. The molecule has 152 valence electrons. The quantitative estimate of drug-likeness (QED) is 0.672. The Morgan fingerprint density at radius 1 is 1.28 bits per heavy atom. The molecular weight excluding hydrogens is 370 g/mol. The number of carbonyl (C=O) groups is 2. The molecule has 29 heavy (non-hydrogen) atoms. The Bertz CT molecular complexity index is 913. The molecule has 2 amide bonds. The van der Waals surface area contributed by atoms with E-state index in [0.717, 1.165) is 11.3 Å². The summed E-state index contributed by atoms with van der Waals surface area (Å²) in [7, 11) is 1.54. The van der Waals surface area contributed by atoms with Gasteiger partial charge in [0.1, 0.15) is 6.17 Å². The second-order valence-electron chi connectivity index (χ2n) is 6.49. The summed E-state index contributed by atoms with van der Waals surface area (Å²) in [5.74, 6) is 0.672. The molecule has 0 radical (unpaired) electrons. The van der Waals surface area contributed by atoms with Gasteiger partial charge in [0.25, 0.3) is 11.8 Å². The molecule has 2 aromatic rings. The van der Waals surface area contributed by atoms with Gasteiger partial charge in [-0.2, -0.15) is 0 Å². The first-order valence-electron chi connectivity index (χ1n) is 9.43. The third-order valence-electron chi connectivity index (χ3n) is 4.58. The van der Waals surface area contributed by atoms with Crippen molar-refractivity contribution in [1.29, 1.82) is 0 Å². The van der Waals surface area contributed by atoms with E-state index in [1.165, 1.54) is 7.11 Å². The number of amides is 2. The summed E-state index contributed by atoms with van der Waals surface area (Å²) in [4.78, 5) is 26.4. The molecule has 0 fully saturated rings. The van der Waals surface area contributed by atoms with Crippen LogP contribution in [0.5, 0.6) is 11.5 Å². The monoisotopic (exact) mass is 395 g/mol. The Balaban J connectivity index is 1.89. The SMILES string of the molecule is C=CCN1C(=O)c2ccccc2NC1c1ccc(OCC(=O)NCC)c(OC)c1. The molecule has 0 saturated heterocycles. The summed E-state index contributed by atoms with van der Waals surface area (Å²) < 4.78 is 11.0. The summed E-state index contributed by atoms with van der Waals surface area (Å²) in [6.07, 6.45) is 1.31. The number of carbonyl (C=O) groups excluding carboxylic acids is 2. The van der Waals surface area contributed by atoms with Gasteiger partial charge in [-0.3, -0.25) is 9.59 Å². The number of benzene rings is 2. The van der Waals surface area contributed by atoms with E-state index in [0.29, 0.717) is 30.2 Å². The van der Waals surface area contributed by atoms with Gasteiger partial charge in [0.2, 0.25) is 0 Å². The van der Waals surface area contributed by atoms with Gasteiger partial charge in [0.15, 0.2) is 18.1 Å². The Kier molecular flexibility index (Phi) is 6.39. The third kappa shape index (κ3) is 4.34. The highest BCUT2D eigenvalue weighted by Gasteiger charge is 2.32. The number of ether oxygens (including phenoxy) is 2. The third-order valence-corrected chi connectivity index (χ3v) is 4.58. The Hall–Kier alpha value is -3.48. The number of rotatable bonds is 8. The van der Waals surface area contributed by atoms with Crippen LogP contribution in [0.25, 0.3) is 0 Å². The average Bonchev–Trinajstić information content (AvgIpc) is 2.74. The lowest BCUT2D eigenvalue weighted by Crippen LogP contribution is -2.43.